The van der Waals surface area contributed by atoms with E-state index in [4.69, 9.17) is 4.74 Å². The van der Waals surface area contributed by atoms with Crippen LogP contribution in [0, 0.1) is 6.92 Å². The normalized spacial score (nSPS) is 10.0. The number of carbonyl (C=O) groups is 4. The maximum Gasteiger partial charge on any atom is 0.337 e. The topological polar surface area (TPSA) is 111 Å². The molecule has 9 heteroatoms. The number of ether oxygens (including phenoxy) is 2. The first-order valence-corrected chi connectivity index (χ1v) is 8.75. The van der Waals surface area contributed by atoms with Crippen LogP contribution in [0.15, 0.2) is 35.7 Å². The zero-order valence-corrected chi connectivity index (χ0v) is 15.6. The Hall–Kier alpha value is -3.20. The summed E-state index contributed by atoms with van der Waals surface area (Å²) in [6.07, 6.45) is 0. The summed E-state index contributed by atoms with van der Waals surface area (Å²) in [5.74, 6) is -2.23. The van der Waals surface area contributed by atoms with Crippen LogP contribution in [0.3, 0.4) is 0 Å². The molecule has 2 rings (SSSR count). The summed E-state index contributed by atoms with van der Waals surface area (Å²) in [5, 5.41) is 6.71. The number of nitrogens with one attached hydrogen (secondary N) is 2. The maximum absolute atomic E-state index is 12.0. The third kappa shape index (κ3) is 5.93. The predicted octanol–water partition coefficient (Wildman–Crippen LogP) is 1.75. The van der Waals surface area contributed by atoms with E-state index in [1.807, 2.05) is 0 Å². The van der Waals surface area contributed by atoms with Crippen molar-refractivity contribution in [1.29, 1.82) is 0 Å². The van der Waals surface area contributed by atoms with Gasteiger partial charge in [0, 0.05) is 5.69 Å². The number of esters is 2. The molecule has 0 aliphatic rings. The van der Waals surface area contributed by atoms with E-state index in [1.165, 1.54) is 24.5 Å². The summed E-state index contributed by atoms with van der Waals surface area (Å²) >= 11 is 1.25. The third-order valence-electron chi connectivity index (χ3n) is 3.44. The van der Waals surface area contributed by atoms with E-state index in [9.17, 15) is 19.2 Å². The molecule has 0 fully saturated rings. The Morgan fingerprint density at radius 2 is 1.93 bits per heavy atom. The van der Waals surface area contributed by atoms with Gasteiger partial charge in [0.1, 0.15) is 6.54 Å². The highest BCUT2D eigenvalue weighted by molar-refractivity contribution is 7.12. The van der Waals surface area contributed by atoms with Gasteiger partial charge in [-0.3, -0.25) is 14.4 Å². The fourth-order valence-corrected chi connectivity index (χ4v) is 2.67. The van der Waals surface area contributed by atoms with E-state index in [1.54, 1.807) is 36.6 Å². The smallest absolute Gasteiger partial charge is 0.337 e. The van der Waals surface area contributed by atoms with Crippen LogP contribution in [0.2, 0.25) is 0 Å². The maximum atomic E-state index is 12.0. The van der Waals surface area contributed by atoms with Crippen LogP contribution < -0.4 is 10.6 Å². The molecule has 1 heterocycles. The molecule has 0 unspecified atom stereocenters. The van der Waals surface area contributed by atoms with Gasteiger partial charge in [-0.05, 0) is 36.1 Å². The van der Waals surface area contributed by atoms with Crippen LogP contribution in [-0.2, 0) is 19.1 Å². The van der Waals surface area contributed by atoms with E-state index >= 15 is 0 Å². The van der Waals surface area contributed by atoms with Gasteiger partial charge in [-0.2, -0.15) is 0 Å². The Bertz CT molecular complexity index is 848. The molecule has 0 aliphatic heterocycles. The number of hydrogen-bond donors (Lipinski definition) is 2. The number of anilines is 1. The number of carbonyl (C=O) groups excluding carboxylic acids is 4. The van der Waals surface area contributed by atoms with E-state index in [2.05, 4.69) is 15.4 Å². The molecule has 0 bridgehead atoms. The highest BCUT2D eigenvalue weighted by Crippen LogP contribution is 2.17. The van der Waals surface area contributed by atoms with Gasteiger partial charge in [0.2, 0.25) is 0 Å². The molecule has 0 saturated heterocycles. The molecule has 0 aliphatic carbocycles. The minimum atomic E-state index is -0.741. The summed E-state index contributed by atoms with van der Waals surface area (Å²) in [4.78, 5) is 47.3. The summed E-state index contributed by atoms with van der Waals surface area (Å²) in [6, 6.07) is 8.06. The molecule has 0 spiro atoms. The van der Waals surface area contributed by atoms with Crippen molar-refractivity contribution in [2.45, 2.75) is 6.92 Å². The molecule has 2 N–H and O–H groups in total. The van der Waals surface area contributed by atoms with Gasteiger partial charge in [0.25, 0.3) is 11.8 Å². The van der Waals surface area contributed by atoms with Crippen molar-refractivity contribution >= 4 is 40.8 Å². The number of thiophene rings is 1. The summed E-state index contributed by atoms with van der Waals surface area (Å²) in [5.41, 5.74) is 1.42. The molecule has 27 heavy (non-hydrogen) atoms. The molecule has 0 radical (unpaired) electrons. The molecule has 0 saturated carbocycles. The van der Waals surface area contributed by atoms with Gasteiger partial charge in [-0.1, -0.05) is 12.1 Å². The van der Waals surface area contributed by atoms with Gasteiger partial charge in [-0.25, -0.2) is 4.79 Å². The minimum absolute atomic E-state index is 0.284. The number of hydrogen-bond acceptors (Lipinski definition) is 7. The second kappa shape index (κ2) is 9.48. The van der Waals surface area contributed by atoms with E-state index in [0.29, 0.717) is 10.6 Å². The Kier molecular flexibility index (Phi) is 7.07. The highest BCUT2D eigenvalue weighted by atomic mass is 32.1. The first-order chi connectivity index (χ1) is 12.9. The van der Waals surface area contributed by atoms with Crippen molar-refractivity contribution in [2.75, 3.05) is 25.6 Å². The largest absolute Gasteiger partial charge is 0.465 e. The summed E-state index contributed by atoms with van der Waals surface area (Å²) < 4.78 is 9.46. The second-order valence-electron chi connectivity index (χ2n) is 5.39. The number of benzene rings is 1. The van der Waals surface area contributed by atoms with Crippen LogP contribution in [0.5, 0.6) is 0 Å². The molecule has 2 aromatic rings. The van der Waals surface area contributed by atoms with Crippen LogP contribution in [-0.4, -0.2) is 44.0 Å². The average Bonchev–Trinajstić information content (AvgIpc) is 3.20. The van der Waals surface area contributed by atoms with Crippen molar-refractivity contribution in [2.24, 2.45) is 0 Å². The van der Waals surface area contributed by atoms with Crippen molar-refractivity contribution < 1.29 is 28.7 Å². The zero-order chi connectivity index (χ0) is 19.8. The lowest BCUT2D eigenvalue weighted by Gasteiger charge is -2.10. The molecular weight excluding hydrogens is 372 g/mol. The molecule has 142 valence electrons. The van der Waals surface area contributed by atoms with Crippen LogP contribution >= 0.6 is 11.3 Å². The SMILES string of the molecule is COC(=O)c1ccc(C)c(NC(=O)COC(=O)CNC(=O)c2cccs2)c1. The van der Waals surface area contributed by atoms with Crippen LogP contribution in [0.25, 0.3) is 0 Å². The summed E-state index contributed by atoms with van der Waals surface area (Å²) in [6.45, 7) is 0.888. The Morgan fingerprint density at radius 3 is 2.59 bits per heavy atom. The fourth-order valence-electron chi connectivity index (χ4n) is 2.03. The number of methoxy groups -OCH3 is 1. The lowest BCUT2D eigenvalue weighted by molar-refractivity contribution is -0.146. The molecule has 1 aromatic heterocycles. The van der Waals surface area contributed by atoms with Crippen molar-refractivity contribution in [3.63, 3.8) is 0 Å². The summed E-state index contributed by atoms with van der Waals surface area (Å²) in [7, 11) is 1.26. The van der Waals surface area contributed by atoms with Gasteiger partial charge in [0.05, 0.1) is 17.6 Å². The van der Waals surface area contributed by atoms with Gasteiger partial charge < -0.3 is 20.1 Å². The number of rotatable bonds is 7. The highest BCUT2D eigenvalue weighted by Gasteiger charge is 2.13. The van der Waals surface area contributed by atoms with Crippen LogP contribution in [0.1, 0.15) is 25.6 Å². The number of amides is 2. The van der Waals surface area contributed by atoms with Crippen molar-refractivity contribution in [3.05, 3.63) is 51.7 Å². The van der Waals surface area contributed by atoms with Crippen molar-refractivity contribution in [1.82, 2.24) is 5.32 Å². The quantitative estimate of drug-likeness (QED) is 0.697. The van der Waals surface area contributed by atoms with Gasteiger partial charge >= 0.3 is 11.9 Å². The predicted molar refractivity (Wildman–Crippen MR) is 98.8 cm³/mol. The molecule has 1 aromatic carbocycles. The Balaban J connectivity index is 1.81. The van der Waals surface area contributed by atoms with Gasteiger partial charge in [0.15, 0.2) is 6.61 Å². The van der Waals surface area contributed by atoms with E-state index < -0.39 is 24.5 Å². The zero-order valence-electron chi connectivity index (χ0n) is 14.7. The third-order valence-corrected chi connectivity index (χ3v) is 4.30. The number of aryl methyl sites for hydroxylation is 1. The molecule has 0 atom stereocenters. The standard InChI is InChI=1S/C18H18N2O6S/c1-11-5-6-12(18(24)25-2)8-13(11)20-15(21)10-26-16(22)9-19-17(23)14-4-3-7-27-14/h3-8H,9-10H2,1-2H3,(H,19,23)(H,20,21). The minimum Gasteiger partial charge on any atom is -0.465 e. The van der Waals surface area contributed by atoms with E-state index in [0.717, 1.165) is 5.56 Å². The van der Waals surface area contributed by atoms with Gasteiger partial charge in [-0.15, -0.1) is 11.3 Å². The first-order valence-electron chi connectivity index (χ1n) is 7.87. The average molecular weight is 390 g/mol. The van der Waals surface area contributed by atoms with E-state index in [-0.39, 0.29) is 18.0 Å². The Labute approximate surface area is 159 Å². The second-order valence-corrected chi connectivity index (χ2v) is 6.34. The first kappa shape index (κ1) is 20.1. The lowest BCUT2D eigenvalue weighted by atomic mass is 10.1. The Morgan fingerprint density at radius 1 is 1.15 bits per heavy atom. The lowest BCUT2D eigenvalue weighted by Crippen LogP contribution is -2.31. The van der Waals surface area contributed by atoms with Crippen LogP contribution in [0.4, 0.5) is 5.69 Å². The molecule has 2 amide bonds. The monoisotopic (exact) mass is 390 g/mol. The molecule has 8 nitrogen and oxygen atoms in total. The molecular formula is C18H18N2O6S. The van der Waals surface area contributed by atoms with Crippen molar-refractivity contribution in [3.8, 4) is 0 Å². The fraction of sp³-hybridized carbons (Fsp3) is 0.222.